The number of carbonyl (C=O) groups is 2. The summed E-state index contributed by atoms with van der Waals surface area (Å²) in [6.07, 6.45) is 0.464. The van der Waals surface area contributed by atoms with Gasteiger partial charge in [-0.1, -0.05) is 23.7 Å². The molecule has 2 rings (SSSR count). The van der Waals surface area contributed by atoms with Gasteiger partial charge in [0.05, 0.1) is 17.0 Å². The van der Waals surface area contributed by atoms with Crippen molar-refractivity contribution in [3.05, 3.63) is 29.3 Å². The Bertz CT molecular complexity index is 566. The van der Waals surface area contributed by atoms with E-state index >= 15 is 0 Å². The first-order chi connectivity index (χ1) is 10.4. The van der Waals surface area contributed by atoms with E-state index in [2.05, 4.69) is 5.32 Å². The Morgan fingerprint density at radius 2 is 2.18 bits per heavy atom. The second-order valence-electron chi connectivity index (χ2n) is 5.55. The molecule has 1 aromatic carbocycles. The molecule has 1 aliphatic heterocycles. The highest BCUT2D eigenvalue weighted by atomic mass is 35.5. The van der Waals surface area contributed by atoms with E-state index in [9.17, 15) is 9.59 Å². The van der Waals surface area contributed by atoms with Gasteiger partial charge in [0.1, 0.15) is 12.4 Å². The molecule has 0 spiro atoms. The lowest BCUT2D eigenvalue weighted by molar-refractivity contribution is -0.146. The van der Waals surface area contributed by atoms with E-state index in [0.717, 1.165) is 0 Å². The topological polar surface area (TPSA) is 78.9 Å². The number of aliphatic carboxylic acids is 1. The zero-order valence-electron chi connectivity index (χ0n) is 12.3. The lowest BCUT2D eigenvalue weighted by Crippen LogP contribution is -2.42. The number of halogens is 1. The van der Waals surface area contributed by atoms with E-state index in [1.165, 1.54) is 4.90 Å². The van der Waals surface area contributed by atoms with Gasteiger partial charge in [-0.15, -0.1) is 0 Å². The van der Waals surface area contributed by atoms with Gasteiger partial charge in [0.25, 0.3) is 0 Å². The number of carboxylic acid groups (broad SMARTS) is 1. The maximum Gasteiger partial charge on any atom is 0.317 e. The fraction of sp³-hybridized carbons (Fsp3) is 0.467. The first-order valence-corrected chi connectivity index (χ1v) is 7.44. The molecule has 6 nitrogen and oxygen atoms in total. The Labute approximate surface area is 134 Å². The molecule has 0 bridgehead atoms. The molecule has 1 fully saturated rings. The zero-order valence-corrected chi connectivity index (χ0v) is 13.1. The fourth-order valence-electron chi connectivity index (χ4n) is 2.30. The van der Waals surface area contributed by atoms with Crippen molar-refractivity contribution in [3.63, 3.8) is 0 Å². The maximum absolute atomic E-state index is 12.0. The number of rotatable bonds is 5. The van der Waals surface area contributed by atoms with Gasteiger partial charge in [0.15, 0.2) is 0 Å². The fourth-order valence-corrected chi connectivity index (χ4v) is 2.49. The molecular formula is C15H19ClN2O4. The lowest BCUT2D eigenvalue weighted by Gasteiger charge is -2.20. The molecule has 0 saturated carbocycles. The molecule has 2 amide bonds. The average Bonchev–Trinajstić information content (AvgIpc) is 2.89. The van der Waals surface area contributed by atoms with Crippen LogP contribution in [0.25, 0.3) is 0 Å². The maximum atomic E-state index is 12.0. The van der Waals surface area contributed by atoms with Crippen LogP contribution in [0.5, 0.6) is 5.75 Å². The number of urea groups is 1. The number of para-hydroxylation sites is 1. The van der Waals surface area contributed by atoms with Crippen LogP contribution in [0.1, 0.15) is 13.3 Å². The van der Waals surface area contributed by atoms with Gasteiger partial charge in [-0.3, -0.25) is 4.79 Å². The Morgan fingerprint density at radius 3 is 2.82 bits per heavy atom. The Morgan fingerprint density at radius 1 is 1.45 bits per heavy atom. The Kier molecular flexibility index (Phi) is 5.13. The van der Waals surface area contributed by atoms with Crippen LogP contribution in [-0.4, -0.2) is 48.2 Å². The highest BCUT2D eigenvalue weighted by molar-refractivity contribution is 6.32. The number of carboxylic acids is 1. The minimum atomic E-state index is -0.871. The molecule has 2 N–H and O–H groups in total. The number of hydrogen-bond acceptors (Lipinski definition) is 3. The van der Waals surface area contributed by atoms with E-state index < -0.39 is 11.4 Å². The molecule has 1 aliphatic rings. The van der Waals surface area contributed by atoms with Crippen LogP contribution in [0.2, 0.25) is 5.02 Å². The number of likely N-dealkylation sites (tertiary alicyclic amines) is 1. The molecule has 1 saturated heterocycles. The third-order valence-electron chi connectivity index (χ3n) is 3.75. The molecule has 0 aliphatic carbocycles. The highest BCUT2D eigenvalue weighted by Gasteiger charge is 2.42. The summed E-state index contributed by atoms with van der Waals surface area (Å²) in [6, 6.07) is 6.84. The van der Waals surface area contributed by atoms with E-state index in [-0.39, 0.29) is 12.6 Å². The summed E-state index contributed by atoms with van der Waals surface area (Å²) in [6.45, 7) is 2.94. The molecule has 120 valence electrons. The molecular weight excluding hydrogens is 308 g/mol. The molecule has 0 aromatic heterocycles. The highest BCUT2D eigenvalue weighted by Crippen LogP contribution is 2.29. The summed E-state index contributed by atoms with van der Waals surface area (Å²) in [4.78, 5) is 24.6. The Hall–Kier alpha value is -1.95. The van der Waals surface area contributed by atoms with Crippen molar-refractivity contribution >= 4 is 23.6 Å². The van der Waals surface area contributed by atoms with Crippen LogP contribution in [0.4, 0.5) is 4.79 Å². The van der Waals surface area contributed by atoms with Crippen molar-refractivity contribution < 1.29 is 19.4 Å². The number of hydrogen-bond donors (Lipinski definition) is 2. The molecule has 0 radical (unpaired) electrons. The second kappa shape index (κ2) is 6.87. The quantitative estimate of drug-likeness (QED) is 0.813. The lowest BCUT2D eigenvalue weighted by atomic mass is 9.90. The van der Waals surface area contributed by atoms with Crippen molar-refractivity contribution in [1.29, 1.82) is 0 Å². The van der Waals surface area contributed by atoms with Gasteiger partial charge in [-0.25, -0.2) is 4.79 Å². The standard InChI is InChI=1S/C15H19ClN2O4/c1-15(13(19)20)6-8-18(10-15)14(21)17-7-9-22-12-5-3-2-4-11(12)16/h2-5H,6-10H2,1H3,(H,17,21)(H,19,20). The summed E-state index contributed by atoms with van der Waals surface area (Å²) in [5.41, 5.74) is -0.856. The smallest absolute Gasteiger partial charge is 0.317 e. The van der Waals surface area contributed by atoms with Gasteiger partial charge >= 0.3 is 12.0 Å². The summed E-state index contributed by atoms with van der Waals surface area (Å²) in [5.74, 6) is -0.303. The van der Waals surface area contributed by atoms with E-state index in [4.69, 9.17) is 21.4 Å². The molecule has 22 heavy (non-hydrogen) atoms. The number of carbonyl (C=O) groups excluding carboxylic acids is 1. The minimum absolute atomic E-state index is 0.222. The van der Waals surface area contributed by atoms with Crippen molar-refractivity contribution in [3.8, 4) is 5.75 Å². The predicted octanol–water partition coefficient (Wildman–Crippen LogP) is 2.22. The van der Waals surface area contributed by atoms with Crippen molar-refractivity contribution in [2.24, 2.45) is 5.41 Å². The summed E-state index contributed by atoms with van der Waals surface area (Å²) < 4.78 is 5.47. The molecule has 7 heteroatoms. The van der Waals surface area contributed by atoms with Crippen LogP contribution < -0.4 is 10.1 Å². The number of benzene rings is 1. The van der Waals surface area contributed by atoms with Crippen LogP contribution in [0.15, 0.2) is 24.3 Å². The monoisotopic (exact) mass is 326 g/mol. The van der Waals surface area contributed by atoms with Crippen LogP contribution in [0.3, 0.4) is 0 Å². The molecule has 1 heterocycles. The van der Waals surface area contributed by atoms with Crippen molar-refractivity contribution in [2.75, 3.05) is 26.2 Å². The number of amides is 2. The number of nitrogens with one attached hydrogen (secondary N) is 1. The van der Waals surface area contributed by atoms with E-state index in [1.807, 2.05) is 12.1 Å². The predicted molar refractivity (Wildman–Crippen MR) is 82.3 cm³/mol. The van der Waals surface area contributed by atoms with Crippen LogP contribution in [0, 0.1) is 5.41 Å². The average molecular weight is 327 g/mol. The summed E-state index contributed by atoms with van der Waals surface area (Å²) in [5, 5.41) is 12.4. The van der Waals surface area contributed by atoms with Crippen molar-refractivity contribution in [2.45, 2.75) is 13.3 Å². The molecule has 1 aromatic rings. The van der Waals surface area contributed by atoms with E-state index in [0.29, 0.717) is 36.9 Å². The van der Waals surface area contributed by atoms with Gasteiger partial charge in [-0.05, 0) is 25.5 Å². The second-order valence-corrected chi connectivity index (χ2v) is 5.96. The van der Waals surface area contributed by atoms with Gasteiger partial charge < -0.3 is 20.1 Å². The normalized spacial score (nSPS) is 20.7. The largest absolute Gasteiger partial charge is 0.490 e. The van der Waals surface area contributed by atoms with Gasteiger partial charge in [-0.2, -0.15) is 0 Å². The third kappa shape index (κ3) is 3.82. The van der Waals surface area contributed by atoms with Crippen LogP contribution in [-0.2, 0) is 4.79 Å². The third-order valence-corrected chi connectivity index (χ3v) is 4.06. The first kappa shape index (κ1) is 16.4. The first-order valence-electron chi connectivity index (χ1n) is 7.06. The van der Waals surface area contributed by atoms with Crippen LogP contribution >= 0.6 is 11.6 Å². The SMILES string of the molecule is CC1(C(=O)O)CCN(C(=O)NCCOc2ccccc2Cl)C1. The Balaban J connectivity index is 1.73. The van der Waals surface area contributed by atoms with Gasteiger partial charge in [0, 0.05) is 13.1 Å². The number of ether oxygens (including phenoxy) is 1. The van der Waals surface area contributed by atoms with Crippen molar-refractivity contribution in [1.82, 2.24) is 10.2 Å². The molecule has 1 unspecified atom stereocenters. The number of nitrogens with zero attached hydrogens (tertiary/aromatic N) is 1. The minimum Gasteiger partial charge on any atom is -0.490 e. The van der Waals surface area contributed by atoms with E-state index in [1.54, 1.807) is 19.1 Å². The summed E-state index contributed by atoms with van der Waals surface area (Å²) >= 11 is 5.95. The molecule has 1 atom stereocenters. The van der Waals surface area contributed by atoms with Gasteiger partial charge in [0.2, 0.25) is 0 Å². The zero-order chi connectivity index (χ0) is 16.2. The summed E-state index contributed by atoms with van der Waals surface area (Å²) in [7, 11) is 0.